The average Bonchev–Trinajstić information content (AvgIpc) is 3.11. The first kappa shape index (κ1) is 14.2. The molecule has 23 heavy (non-hydrogen) atoms. The number of benzene rings is 1. The highest BCUT2D eigenvalue weighted by Gasteiger charge is 2.14. The molecule has 0 spiro atoms. The summed E-state index contributed by atoms with van der Waals surface area (Å²) in [6.07, 6.45) is 1.48. The molecule has 1 N–H and O–H groups in total. The molecule has 1 unspecified atom stereocenters. The van der Waals surface area contributed by atoms with Crippen LogP contribution in [-0.2, 0) is 0 Å². The van der Waals surface area contributed by atoms with Gasteiger partial charge in [-0.1, -0.05) is 22.9 Å². The lowest BCUT2D eigenvalue weighted by Gasteiger charge is -2.08. The van der Waals surface area contributed by atoms with Gasteiger partial charge in [0.2, 0.25) is 10.1 Å². The molecule has 0 saturated heterocycles. The van der Waals surface area contributed by atoms with Crippen molar-refractivity contribution >= 4 is 44.0 Å². The van der Waals surface area contributed by atoms with Crippen LogP contribution in [-0.4, -0.2) is 14.6 Å². The van der Waals surface area contributed by atoms with E-state index in [1.54, 1.807) is 6.07 Å². The molecule has 3 heterocycles. The van der Waals surface area contributed by atoms with Gasteiger partial charge in [-0.15, -0.1) is 5.10 Å². The second-order valence-electron chi connectivity index (χ2n) is 5.08. The summed E-state index contributed by atoms with van der Waals surface area (Å²) < 4.78 is 7.10. The minimum Gasteiger partial charge on any atom is -0.459 e. The molecule has 116 valence electrons. The second kappa shape index (κ2) is 5.36. The van der Waals surface area contributed by atoms with Gasteiger partial charge in [0, 0.05) is 22.7 Å². The third-order valence-electron chi connectivity index (χ3n) is 3.43. The summed E-state index contributed by atoms with van der Waals surface area (Å²) in [5.41, 5.74) is 0.575. The largest absolute Gasteiger partial charge is 0.459 e. The van der Waals surface area contributed by atoms with Gasteiger partial charge in [0.15, 0.2) is 0 Å². The first-order valence-corrected chi connectivity index (χ1v) is 8.10. The Morgan fingerprint density at radius 3 is 3.04 bits per heavy atom. The van der Waals surface area contributed by atoms with Crippen molar-refractivity contribution in [2.24, 2.45) is 0 Å². The summed E-state index contributed by atoms with van der Waals surface area (Å²) in [6, 6.07) is 8.70. The summed E-state index contributed by atoms with van der Waals surface area (Å²) in [7, 11) is 0. The number of halogens is 1. The molecule has 0 aliphatic carbocycles. The number of hydrogen-bond donors (Lipinski definition) is 1. The van der Waals surface area contributed by atoms with Crippen molar-refractivity contribution in [2.75, 3.05) is 5.32 Å². The maximum Gasteiger partial charge on any atom is 0.275 e. The van der Waals surface area contributed by atoms with Crippen LogP contribution in [0.5, 0.6) is 0 Å². The zero-order chi connectivity index (χ0) is 16.0. The highest BCUT2D eigenvalue weighted by molar-refractivity contribution is 7.20. The first-order valence-electron chi connectivity index (χ1n) is 6.90. The quantitative estimate of drug-likeness (QED) is 0.612. The normalized spacial score (nSPS) is 12.8. The van der Waals surface area contributed by atoms with Crippen molar-refractivity contribution in [3.63, 3.8) is 0 Å². The molecule has 8 heteroatoms. The van der Waals surface area contributed by atoms with Gasteiger partial charge in [0.25, 0.3) is 5.56 Å². The lowest BCUT2D eigenvalue weighted by atomic mass is 10.2. The predicted molar refractivity (Wildman–Crippen MR) is 90.4 cm³/mol. The number of nitrogens with one attached hydrogen (secondary N) is 1. The van der Waals surface area contributed by atoms with Crippen LogP contribution in [0.4, 0.5) is 5.13 Å². The van der Waals surface area contributed by atoms with Crippen molar-refractivity contribution < 1.29 is 4.42 Å². The number of aromatic nitrogens is 3. The van der Waals surface area contributed by atoms with Gasteiger partial charge in [-0.05, 0) is 31.2 Å². The van der Waals surface area contributed by atoms with E-state index in [1.807, 2.05) is 25.1 Å². The fourth-order valence-electron chi connectivity index (χ4n) is 2.31. The van der Waals surface area contributed by atoms with Gasteiger partial charge in [-0.3, -0.25) is 4.79 Å². The lowest BCUT2D eigenvalue weighted by molar-refractivity contribution is 0.526. The molecule has 0 amide bonds. The van der Waals surface area contributed by atoms with Crippen molar-refractivity contribution in [3.8, 4) is 0 Å². The summed E-state index contributed by atoms with van der Waals surface area (Å²) in [5.74, 6) is 0.766. The monoisotopic (exact) mass is 346 g/mol. The molecule has 0 saturated carbocycles. The van der Waals surface area contributed by atoms with Gasteiger partial charge in [0.1, 0.15) is 11.3 Å². The van der Waals surface area contributed by atoms with E-state index in [0.29, 0.717) is 15.1 Å². The highest BCUT2D eigenvalue weighted by Crippen LogP contribution is 2.29. The topological polar surface area (TPSA) is 72.4 Å². The summed E-state index contributed by atoms with van der Waals surface area (Å²) in [6.45, 7) is 1.96. The number of nitrogens with zero attached hydrogens (tertiary/aromatic N) is 3. The Labute approximate surface area is 139 Å². The van der Waals surface area contributed by atoms with Crippen LogP contribution in [0.3, 0.4) is 0 Å². The van der Waals surface area contributed by atoms with Gasteiger partial charge >= 0.3 is 0 Å². The Kier molecular flexibility index (Phi) is 3.32. The fourth-order valence-corrected chi connectivity index (χ4v) is 3.35. The third-order valence-corrected chi connectivity index (χ3v) is 4.52. The molecular formula is C15H11ClN4O2S. The number of furan rings is 1. The van der Waals surface area contributed by atoms with E-state index in [4.69, 9.17) is 16.0 Å². The fraction of sp³-hybridized carbons (Fsp3) is 0.133. The molecular weight excluding hydrogens is 336 g/mol. The van der Waals surface area contributed by atoms with E-state index in [-0.39, 0.29) is 11.6 Å². The zero-order valence-corrected chi connectivity index (χ0v) is 13.6. The maximum atomic E-state index is 11.7. The minimum absolute atomic E-state index is 0.113. The van der Waals surface area contributed by atoms with E-state index in [9.17, 15) is 4.79 Å². The Morgan fingerprint density at radius 2 is 2.22 bits per heavy atom. The molecule has 0 aliphatic rings. The second-order valence-corrected chi connectivity index (χ2v) is 6.47. The first-order chi connectivity index (χ1) is 11.1. The Morgan fingerprint density at radius 1 is 1.35 bits per heavy atom. The Balaban J connectivity index is 1.65. The van der Waals surface area contributed by atoms with Crippen molar-refractivity contribution in [1.82, 2.24) is 14.6 Å². The third kappa shape index (κ3) is 2.58. The lowest BCUT2D eigenvalue weighted by Crippen LogP contribution is -2.13. The van der Waals surface area contributed by atoms with Crippen LogP contribution < -0.4 is 10.9 Å². The number of anilines is 1. The van der Waals surface area contributed by atoms with Crippen molar-refractivity contribution in [3.05, 3.63) is 57.7 Å². The molecule has 0 fully saturated rings. The average molecular weight is 347 g/mol. The Bertz CT molecular complexity index is 1070. The number of rotatable bonds is 3. The van der Waals surface area contributed by atoms with E-state index in [1.165, 1.54) is 28.1 Å². The van der Waals surface area contributed by atoms with E-state index >= 15 is 0 Å². The minimum atomic E-state index is -0.203. The van der Waals surface area contributed by atoms with Gasteiger partial charge in [-0.25, -0.2) is 4.98 Å². The molecule has 0 aliphatic heterocycles. The SMILES string of the molecule is CC(Nc1nn2c(=O)ccnc2s1)c1cc2cc(Cl)ccc2o1. The molecule has 3 aromatic heterocycles. The van der Waals surface area contributed by atoms with Gasteiger partial charge < -0.3 is 9.73 Å². The van der Waals surface area contributed by atoms with Gasteiger partial charge in [-0.2, -0.15) is 4.52 Å². The van der Waals surface area contributed by atoms with E-state index in [0.717, 1.165) is 16.7 Å². The van der Waals surface area contributed by atoms with Crippen molar-refractivity contribution in [2.45, 2.75) is 13.0 Å². The van der Waals surface area contributed by atoms with Crippen LogP contribution in [0, 0.1) is 0 Å². The summed E-state index contributed by atoms with van der Waals surface area (Å²) in [5, 5.41) is 9.68. The maximum absolute atomic E-state index is 11.7. The van der Waals surface area contributed by atoms with Crippen LogP contribution in [0.2, 0.25) is 5.02 Å². The summed E-state index contributed by atoms with van der Waals surface area (Å²) in [4.78, 5) is 16.4. The van der Waals surface area contributed by atoms with Crippen LogP contribution in [0.25, 0.3) is 15.9 Å². The standard InChI is InChI=1S/C15H11ClN4O2S/c1-8(12-7-9-6-10(16)2-3-11(9)22-12)18-14-19-20-13(21)4-5-17-15(20)23-14/h2-8H,1H3,(H,18,19). The summed E-state index contributed by atoms with van der Waals surface area (Å²) >= 11 is 7.30. The Hall–Kier alpha value is -2.38. The van der Waals surface area contributed by atoms with Crippen LogP contribution in [0.1, 0.15) is 18.7 Å². The molecule has 0 bridgehead atoms. The molecule has 1 atom stereocenters. The van der Waals surface area contributed by atoms with Crippen LogP contribution in [0.15, 0.2) is 45.7 Å². The molecule has 0 radical (unpaired) electrons. The van der Waals surface area contributed by atoms with E-state index < -0.39 is 0 Å². The van der Waals surface area contributed by atoms with E-state index in [2.05, 4.69) is 15.4 Å². The molecule has 4 aromatic rings. The number of hydrogen-bond acceptors (Lipinski definition) is 6. The van der Waals surface area contributed by atoms with Crippen LogP contribution >= 0.6 is 22.9 Å². The molecule has 4 rings (SSSR count). The zero-order valence-electron chi connectivity index (χ0n) is 12.0. The molecule has 1 aromatic carbocycles. The number of fused-ring (bicyclic) bond motifs is 2. The van der Waals surface area contributed by atoms with Gasteiger partial charge in [0.05, 0.1) is 6.04 Å². The van der Waals surface area contributed by atoms with Crippen molar-refractivity contribution in [1.29, 1.82) is 0 Å². The molecule has 6 nitrogen and oxygen atoms in total. The highest BCUT2D eigenvalue weighted by atomic mass is 35.5. The smallest absolute Gasteiger partial charge is 0.275 e. The predicted octanol–water partition coefficient (Wildman–Crippen LogP) is 3.72.